The third-order valence-corrected chi connectivity index (χ3v) is 4.30. The lowest BCUT2D eigenvalue weighted by atomic mass is 10.2. The molecule has 0 amide bonds. The fraction of sp³-hybridized carbons (Fsp3) is 0.308. The second kappa shape index (κ2) is 5.36. The van der Waals surface area contributed by atoms with Gasteiger partial charge >= 0.3 is 0 Å². The Morgan fingerprint density at radius 3 is 2.62 bits per heavy atom. The quantitative estimate of drug-likeness (QED) is 0.848. The number of anilines is 2. The van der Waals surface area contributed by atoms with Crippen LogP contribution in [0.1, 0.15) is 25.5 Å². The summed E-state index contributed by atoms with van der Waals surface area (Å²) in [5.41, 5.74) is 5.46. The van der Waals surface area contributed by atoms with Crippen LogP contribution in [-0.2, 0) is 10.0 Å². The lowest BCUT2D eigenvalue weighted by Crippen LogP contribution is -2.18. The number of hydrogen-bond acceptors (Lipinski definition) is 4. The van der Waals surface area contributed by atoms with E-state index in [0.29, 0.717) is 5.82 Å². The van der Waals surface area contributed by atoms with E-state index in [1.165, 1.54) is 23.9 Å². The standard InChI is InChI=1S/C13H17FN4O2S/c1-8(2)18-12(4-5-16-18)17-21(19,20)10-6-9(3)13(14)11(15)7-10/h4-8,17H,15H2,1-3H3. The number of rotatable bonds is 4. The van der Waals surface area contributed by atoms with Crippen LogP contribution in [0, 0.1) is 12.7 Å². The number of nitrogens with two attached hydrogens (primary N) is 1. The van der Waals surface area contributed by atoms with Gasteiger partial charge in [-0.1, -0.05) is 0 Å². The second-order valence-electron chi connectivity index (χ2n) is 5.00. The minimum Gasteiger partial charge on any atom is -0.396 e. The van der Waals surface area contributed by atoms with Crippen LogP contribution in [0.3, 0.4) is 0 Å². The van der Waals surface area contributed by atoms with E-state index in [0.717, 1.165) is 6.07 Å². The molecule has 2 rings (SSSR count). The van der Waals surface area contributed by atoms with E-state index in [4.69, 9.17) is 5.73 Å². The molecule has 0 atom stereocenters. The minimum absolute atomic E-state index is 0.00211. The van der Waals surface area contributed by atoms with Crippen LogP contribution in [0.5, 0.6) is 0 Å². The zero-order valence-electron chi connectivity index (χ0n) is 12.0. The van der Waals surface area contributed by atoms with Gasteiger partial charge in [-0.2, -0.15) is 5.10 Å². The van der Waals surface area contributed by atoms with Crippen molar-refractivity contribution >= 4 is 21.5 Å². The maximum Gasteiger partial charge on any atom is 0.263 e. The molecule has 8 heteroatoms. The van der Waals surface area contributed by atoms with Crippen LogP contribution in [0.25, 0.3) is 0 Å². The molecular formula is C13H17FN4O2S. The first-order chi connectivity index (χ1) is 9.72. The monoisotopic (exact) mass is 312 g/mol. The molecule has 114 valence electrons. The molecule has 0 aliphatic carbocycles. The topological polar surface area (TPSA) is 90.0 Å². The van der Waals surface area contributed by atoms with Crippen LogP contribution in [0.2, 0.25) is 0 Å². The largest absolute Gasteiger partial charge is 0.396 e. The molecule has 0 bridgehead atoms. The van der Waals surface area contributed by atoms with E-state index in [1.54, 1.807) is 6.07 Å². The molecule has 0 saturated carbocycles. The van der Waals surface area contributed by atoms with Crippen LogP contribution < -0.4 is 10.5 Å². The second-order valence-corrected chi connectivity index (χ2v) is 6.69. The number of sulfonamides is 1. The van der Waals surface area contributed by atoms with Crippen LogP contribution >= 0.6 is 0 Å². The Morgan fingerprint density at radius 2 is 2.05 bits per heavy atom. The summed E-state index contributed by atoms with van der Waals surface area (Å²) in [5, 5.41) is 4.05. The van der Waals surface area contributed by atoms with Gasteiger partial charge in [0.15, 0.2) is 0 Å². The van der Waals surface area contributed by atoms with Gasteiger partial charge in [-0.15, -0.1) is 0 Å². The number of nitrogen functional groups attached to an aromatic ring is 1. The van der Waals surface area contributed by atoms with E-state index in [2.05, 4.69) is 9.82 Å². The molecule has 0 aliphatic rings. The van der Waals surface area contributed by atoms with Crippen LogP contribution in [-0.4, -0.2) is 18.2 Å². The summed E-state index contributed by atoms with van der Waals surface area (Å²) in [6.07, 6.45) is 1.50. The van der Waals surface area contributed by atoms with Gasteiger partial charge in [-0.25, -0.2) is 17.5 Å². The van der Waals surface area contributed by atoms with Gasteiger partial charge in [0.25, 0.3) is 10.0 Å². The zero-order valence-corrected chi connectivity index (χ0v) is 12.8. The third-order valence-electron chi connectivity index (χ3n) is 2.96. The van der Waals surface area contributed by atoms with Crippen molar-refractivity contribution in [3.63, 3.8) is 0 Å². The number of halogens is 1. The summed E-state index contributed by atoms with van der Waals surface area (Å²) >= 11 is 0. The highest BCUT2D eigenvalue weighted by atomic mass is 32.2. The normalized spacial score (nSPS) is 11.9. The van der Waals surface area contributed by atoms with Gasteiger partial charge < -0.3 is 5.73 Å². The van der Waals surface area contributed by atoms with E-state index in [-0.39, 0.29) is 22.2 Å². The fourth-order valence-electron chi connectivity index (χ4n) is 1.92. The first-order valence-corrected chi connectivity index (χ1v) is 7.82. The smallest absolute Gasteiger partial charge is 0.263 e. The van der Waals surface area contributed by atoms with E-state index in [1.807, 2.05) is 13.8 Å². The van der Waals surface area contributed by atoms with Gasteiger partial charge in [-0.05, 0) is 38.5 Å². The van der Waals surface area contributed by atoms with Crippen LogP contribution in [0.15, 0.2) is 29.3 Å². The average Bonchev–Trinajstić information content (AvgIpc) is 2.82. The van der Waals surface area contributed by atoms with Gasteiger partial charge in [0.2, 0.25) is 0 Å². The molecule has 1 aromatic carbocycles. The van der Waals surface area contributed by atoms with Crippen molar-refractivity contribution in [3.8, 4) is 0 Å². The Kier molecular flexibility index (Phi) is 3.91. The number of aromatic nitrogens is 2. The maximum atomic E-state index is 13.5. The average molecular weight is 312 g/mol. The summed E-state index contributed by atoms with van der Waals surface area (Å²) in [4.78, 5) is -0.0876. The molecule has 21 heavy (non-hydrogen) atoms. The third kappa shape index (κ3) is 2.99. The van der Waals surface area contributed by atoms with Crippen molar-refractivity contribution in [1.82, 2.24) is 9.78 Å². The molecule has 0 saturated heterocycles. The predicted molar refractivity (Wildman–Crippen MR) is 79.0 cm³/mol. The van der Waals surface area contributed by atoms with Gasteiger partial charge in [0.1, 0.15) is 11.6 Å². The summed E-state index contributed by atoms with van der Waals surface area (Å²) in [6.45, 7) is 5.22. The first-order valence-electron chi connectivity index (χ1n) is 6.34. The highest BCUT2D eigenvalue weighted by Gasteiger charge is 2.19. The summed E-state index contributed by atoms with van der Waals surface area (Å²) in [7, 11) is -3.86. The van der Waals surface area contributed by atoms with Gasteiger partial charge in [0, 0.05) is 12.1 Å². The number of benzene rings is 1. The molecule has 0 aliphatic heterocycles. The number of aryl methyl sites for hydroxylation is 1. The Hall–Kier alpha value is -2.09. The van der Waals surface area contributed by atoms with Crippen molar-refractivity contribution < 1.29 is 12.8 Å². The first kappa shape index (κ1) is 15.3. The molecular weight excluding hydrogens is 295 g/mol. The fourth-order valence-corrected chi connectivity index (χ4v) is 3.09. The lowest BCUT2D eigenvalue weighted by molar-refractivity contribution is 0.539. The molecule has 1 heterocycles. The number of nitrogens with zero attached hydrogens (tertiary/aromatic N) is 2. The van der Waals surface area contributed by atoms with Crippen molar-refractivity contribution in [1.29, 1.82) is 0 Å². The van der Waals surface area contributed by atoms with E-state index >= 15 is 0 Å². The predicted octanol–water partition coefficient (Wildman–Crippen LogP) is 2.29. The molecule has 0 fully saturated rings. The Balaban J connectivity index is 2.41. The Bertz CT molecular complexity index is 745. The molecule has 0 spiro atoms. The molecule has 0 unspecified atom stereocenters. The molecule has 0 radical (unpaired) electrons. The lowest BCUT2D eigenvalue weighted by Gasteiger charge is -2.14. The van der Waals surface area contributed by atoms with Crippen molar-refractivity contribution in [3.05, 3.63) is 35.8 Å². The molecule has 3 N–H and O–H groups in total. The summed E-state index contributed by atoms with van der Waals surface area (Å²) < 4.78 is 42.2. The zero-order chi connectivity index (χ0) is 15.8. The van der Waals surface area contributed by atoms with Crippen molar-refractivity contribution in [2.45, 2.75) is 31.7 Å². The minimum atomic E-state index is -3.86. The van der Waals surface area contributed by atoms with Crippen LogP contribution in [0.4, 0.5) is 15.9 Å². The van der Waals surface area contributed by atoms with Crippen molar-refractivity contribution in [2.75, 3.05) is 10.5 Å². The molecule has 1 aromatic heterocycles. The number of nitrogens with one attached hydrogen (secondary N) is 1. The van der Waals surface area contributed by atoms with E-state index < -0.39 is 15.8 Å². The summed E-state index contributed by atoms with van der Waals surface area (Å²) in [6, 6.07) is 3.89. The highest BCUT2D eigenvalue weighted by molar-refractivity contribution is 7.92. The number of hydrogen-bond donors (Lipinski definition) is 2. The molecule has 6 nitrogen and oxygen atoms in total. The van der Waals surface area contributed by atoms with Crippen molar-refractivity contribution in [2.24, 2.45) is 0 Å². The maximum absolute atomic E-state index is 13.5. The van der Waals surface area contributed by atoms with Gasteiger partial charge in [0.05, 0.1) is 16.8 Å². The highest BCUT2D eigenvalue weighted by Crippen LogP contribution is 2.23. The SMILES string of the molecule is Cc1cc(S(=O)(=O)Nc2ccnn2C(C)C)cc(N)c1F. The molecule has 2 aromatic rings. The summed E-state index contributed by atoms with van der Waals surface area (Å²) in [5.74, 6) is -0.272. The Morgan fingerprint density at radius 1 is 1.38 bits per heavy atom. The Labute approximate surface area is 122 Å². The van der Waals surface area contributed by atoms with Gasteiger partial charge in [-0.3, -0.25) is 4.72 Å². The van der Waals surface area contributed by atoms with E-state index in [9.17, 15) is 12.8 Å².